The Morgan fingerprint density at radius 1 is 1.40 bits per heavy atom. The van der Waals surface area contributed by atoms with Crippen LogP contribution in [0.25, 0.3) is 5.69 Å². The topological polar surface area (TPSA) is 113 Å². The molecule has 104 valence electrons. The zero-order chi connectivity index (χ0) is 14.7. The van der Waals surface area contributed by atoms with Gasteiger partial charge in [-0.05, 0) is 19.1 Å². The molecule has 0 spiro atoms. The van der Waals surface area contributed by atoms with Gasteiger partial charge in [0.05, 0.1) is 29.6 Å². The predicted octanol–water partition coefficient (Wildman–Crippen LogP) is 0.730. The summed E-state index contributed by atoms with van der Waals surface area (Å²) in [5.41, 5.74) is 12.3. The lowest BCUT2D eigenvalue weighted by atomic mass is 10.1. The number of benzene rings is 1. The van der Waals surface area contributed by atoms with Crippen LogP contribution in [0.4, 0.5) is 5.69 Å². The maximum Gasteiger partial charge on any atom is 0.340 e. The number of anilines is 1. The Morgan fingerprint density at radius 2 is 2.15 bits per heavy atom. The first-order valence-corrected chi connectivity index (χ1v) is 5.95. The highest BCUT2D eigenvalue weighted by molar-refractivity contribution is 5.96. The van der Waals surface area contributed by atoms with Gasteiger partial charge in [0.2, 0.25) is 0 Å². The number of hydrogen-bond acceptors (Lipinski definition) is 5. The molecule has 0 saturated heterocycles. The summed E-state index contributed by atoms with van der Waals surface area (Å²) >= 11 is 0. The van der Waals surface area contributed by atoms with E-state index in [0.717, 1.165) is 0 Å². The highest BCUT2D eigenvalue weighted by atomic mass is 16.5. The van der Waals surface area contributed by atoms with Crippen molar-refractivity contribution in [3.05, 3.63) is 41.7 Å². The van der Waals surface area contributed by atoms with Crippen LogP contribution in [-0.2, 0) is 4.74 Å². The number of carbonyl (C=O) groups excluding carboxylic acids is 2. The second kappa shape index (κ2) is 5.43. The van der Waals surface area contributed by atoms with Gasteiger partial charge in [0.25, 0.3) is 5.91 Å². The molecule has 7 heteroatoms. The molecular weight excluding hydrogens is 260 g/mol. The number of ether oxygens (including phenoxy) is 1. The predicted molar refractivity (Wildman–Crippen MR) is 72.5 cm³/mol. The lowest BCUT2D eigenvalue weighted by Crippen LogP contribution is -2.12. The molecule has 1 heterocycles. The van der Waals surface area contributed by atoms with Crippen LogP contribution in [0.3, 0.4) is 0 Å². The van der Waals surface area contributed by atoms with Crippen molar-refractivity contribution in [3.8, 4) is 5.69 Å². The number of rotatable bonds is 4. The number of hydrogen-bond donors (Lipinski definition) is 2. The van der Waals surface area contributed by atoms with Crippen LogP contribution >= 0.6 is 0 Å². The average molecular weight is 274 g/mol. The third-order valence-electron chi connectivity index (χ3n) is 2.66. The maximum atomic E-state index is 11.9. The molecule has 0 unspecified atom stereocenters. The quantitative estimate of drug-likeness (QED) is 0.630. The minimum Gasteiger partial charge on any atom is -0.462 e. The van der Waals surface area contributed by atoms with Crippen LogP contribution in [-0.4, -0.2) is 28.3 Å². The van der Waals surface area contributed by atoms with Crippen LogP contribution in [0.5, 0.6) is 0 Å². The molecule has 7 nitrogen and oxygen atoms in total. The van der Waals surface area contributed by atoms with Crippen LogP contribution in [0.15, 0.2) is 30.6 Å². The molecule has 0 radical (unpaired) electrons. The SMILES string of the molecule is CCOC(=O)c1cccc(N)c1-n1cc(C(N)=O)cn1. The molecule has 0 fully saturated rings. The summed E-state index contributed by atoms with van der Waals surface area (Å²) in [6.07, 6.45) is 2.72. The van der Waals surface area contributed by atoms with Crippen molar-refractivity contribution in [3.63, 3.8) is 0 Å². The first-order chi connectivity index (χ1) is 9.54. The van der Waals surface area contributed by atoms with E-state index in [1.54, 1.807) is 25.1 Å². The number of nitrogen functional groups attached to an aromatic ring is 1. The summed E-state index contributed by atoms with van der Waals surface area (Å²) in [6.45, 7) is 1.96. The van der Waals surface area contributed by atoms with E-state index in [2.05, 4.69) is 5.10 Å². The van der Waals surface area contributed by atoms with Crippen molar-refractivity contribution in [1.82, 2.24) is 9.78 Å². The Hall–Kier alpha value is -2.83. The molecule has 1 amide bonds. The van der Waals surface area contributed by atoms with E-state index >= 15 is 0 Å². The summed E-state index contributed by atoms with van der Waals surface area (Å²) in [4.78, 5) is 23.0. The van der Waals surface area contributed by atoms with Gasteiger partial charge in [0.1, 0.15) is 5.69 Å². The first kappa shape index (κ1) is 13.6. The Labute approximate surface area is 115 Å². The highest BCUT2D eigenvalue weighted by Crippen LogP contribution is 2.22. The van der Waals surface area contributed by atoms with Gasteiger partial charge in [-0.25, -0.2) is 9.48 Å². The molecule has 0 aliphatic carbocycles. The second-order valence-corrected chi connectivity index (χ2v) is 4.00. The van der Waals surface area contributed by atoms with Crippen molar-refractivity contribution < 1.29 is 14.3 Å². The molecule has 4 N–H and O–H groups in total. The number of nitrogens with zero attached hydrogens (tertiary/aromatic N) is 2. The molecule has 0 aliphatic heterocycles. The fraction of sp³-hybridized carbons (Fsp3) is 0.154. The molecule has 2 aromatic rings. The molecule has 2 rings (SSSR count). The van der Waals surface area contributed by atoms with Crippen LogP contribution in [0.1, 0.15) is 27.6 Å². The summed E-state index contributed by atoms with van der Waals surface area (Å²) < 4.78 is 6.31. The number of amides is 1. The molecule has 0 bridgehead atoms. The van der Waals surface area contributed by atoms with Gasteiger partial charge in [-0.2, -0.15) is 5.10 Å². The van der Waals surface area contributed by atoms with Gasteiger partial charge in [0.15, 0.2) is 0 Å². The highest BCUT2D eigenvalue weighted by Gasteiger charge is 2.18. The lowest BCUT2D eigenvalue weighted by molar-refractivity contribution is 0.0526. The van der Waals surface area contributed by atoms with Gasteiger partial charge in [-0.1, -0.05) is 6.07 Å². The number of carbonyl (C=O) groups is 2. The lowest BCUT2D eigenvalue weighted by Gasteiger charge is -2.11. The summed E-state index contributed by atoms with van der Waals surface area (Å²) in [7, 11) is 0. The third kappa shape index (κ3) is 2.46. The van der Waals surface area contributed by atoms with Crippen molar-refractivity contribution in [2.24, 2.45) is 5.73 Å². The third-order valence-corrected chi connectivity index (χ3v) is 2.66. The van der Waals surface area contributed by atoms with Gasteiger partial charge in [0, 0.05) is 6.20 Å². The monoisotopic (exact) mass is 274 g/mol. The minimum absolute atomic E-state index is 0.225. The minimum atomic E-state index is -0.608. The van der Waals surface area contributed by atoms with Crippen molar-refractivity contribution in [2.45, 2.75) is 6.92 Å². The molecule has 0 aliphatic rings. The van der Waals surface area contributed by atoms with E-state index in [-0.39, 0.29) is 17.7 Å². The van der Waals surface area contributed by atoms with Gasteiger partial charge in [-0.15, -0.1) is 0 Å². The van der Waals surface area contributed by atoms with E-state index < -0.39 is 11.9 Å². The number of primary amides is 1. The number of esters is 1. The molecule has 0 atom stereocenters. The van der Waals surface area contributed by atoms with E-state index in [9.17, 15) is 9.59 Å². The largest absolute Gasteiger partial charge is 0.462 e. The van der Waals surface area contributed by atoms with E-state index in [1.165, 1.54) is 17.1 Å². The zero-order valence-electron chi connectivity index (χ0n) is 10.9. The average Bonchev–Trinajstić information content (AvgIpc) is 2.88. The number of aromatic nitrogens is 2. The summed E-state index contributed by atoms with van der Waals surface area (Å²) in [5, 5.41) is 4.00. The molecular formula is C13H14N4O3. The summed E-state index contributed by atoms with van der Waals surface area (Å²) in [5.74, 6) is -1.12. The van der Waals surface area contributed by atoms with Crippen molar-refractivity contribution >= 4 is 17.6 Å². The molecule has 1 aromatic heterocycles. The fourth-order valence-corrected chi connectivity index (χ4v) is 1.76. The van der Waals surface area contributed by atoms with Gasteiger partial charge >= 0.3 is 5.97 Å². The van der Waals surface area contributed by atoms with Crippen molar-refractivity contribution in [2.75, 3.05) is 12.3 Å². The molecule has 0 saturated carbocycles. The second-order valence-electron chi connectivity index (χ2n) is 4.00. The Balaban J connectivity index is 2.54. The van der Waals surface area contributed by atoms with Gasteiger partial charge in [-0.3, -0.25) is 4.79 Å². The molecule has 20 heavy (non-hydrogen) atoms. The maximum absolute atomic E-state index is 11.9. The normalized spacial score (nSPS) is 10.2. The number of nitrogens with two attached hydrogens (primary N) is 2. The standard InChI is InChI=1S/C13H14N4O3/c1-2-20-13(19)9-4-3-5-10(14)11(9)17-7-8(6-16-17)12(15)18/h3-7H,2,14H2,1H3,(H2,15,18). The Morgan fingerprint density at radius 3 is 2.75 bits per heavy atom. The fourth-order valence-electron chi connectivity index (χ4n) is 1.76. The number of para-hydroxylation sites is 1. The van der Waals surface area contributed by atoms with Crippen LogP contribution in [0, 0.1) is 0 Å². The Kier molecular flexibility index (Phi) is 3.69. The smallest absolute Gasteiger partial charge is 0.340 e. The Bertz CT molecular complexity index is 663. The molecule has 1 aromatic carbocycles. The van der Waals surface area contributed by atoms with E-state index in [0.29, 0.717) is 11.4 Å². The van der Waals surface area contributed by atoms with E-state index in [4.69, 9.17) is 16.2 Å². The van der Waals surface area contributed by atoms with Crippen LogP contribution in [0.2, 0.25) is 0 Å². The first-order valence-electron chi connectivity index (χ1n) is 5.95. The zero-order valence-corrected chi connectivity index (χ0v) is 10.9. The van der Waals surface area contributed by atoms with E-state index in [1.807, 2.05) is 0 Å². The van der Waals surface area contributed by atoms with Crippen LogP contribution < -0.4 is 11.5 Å². The van der Waals surface area contributed by atoms with Crippen molar-refractivity contribution in [1.29, 1.82) is 0 Å². The summed E-state index contributed by atoms with van der Waals surface area (Å²) in [6, 6.07) is 4.85. The van der Waals surface area contributed by atoms with Gasteiger partial charge < -0.3 is 16.2 Å².